The number of aryl methyl sites for hydroxylation is 1. The molecule has 4 heteroatoms. The van der Waals surface area contributed by atoms with Gasteiger partial charge in [0.2, 0.25) is 0 Å². The number of pyridine rings is 1. The van der Waals surface area contributed by atoms with E-state index in [1.165, 1.54) is 0 Å². The molecule has 0 saturated carbocycles. The summed E-state index contributed by atoms with van der Waals surface area (Å²) in [6.07, 6.45) is 0. The van der Waals surface area contributed by atoms with E-state index in [2.05, 4.69) is 43.5 Å². The molecule has 1 aromatic carbocycles. The molecule has 0 aliphatic carbocycles. The molecule has 0 fully saturated rings. The normalized spacial score (nSPS) is 10.9. The van der Waals surface area contributed by atoms with E-state index in [9.17, 15) is 0 Å². The van der Waals surface area contributed by atoms with Gasteiger partial charge in [-0.25, -0.2) is 0 Å². The van der Waals surface area contributed by atoms with Crippen LogP contribution in [0.2, 0.25) is 5.02 Å². The van der Waals surface area contributed by atoms with Gasteiger partial charge in [0.05, 0.1) is 16.2 Å². The second-order valence-electron chi connectivity index (χ2n) is 2.96. The molecule has 0 aliphatic rings. The molecular formula is C10H6BrClIN. The van der Waals surface area contributed by atoms with Crippen LogP contribution in [0.25, 0.3) is 10.9 Å². The van der Waals surface area contributed by atoms with E-state index in [1.54, 1.807) is 0 Å². The lowest BCUT2D eigenvalue weighted by molar-refractivity contribution is 1.22. The molecule has 2 aromatic rings. The van der Waals surface area contributed by atoms with Gasteiger partial charge in [0.25, 0.3) is 0 Å². The van der Waals surface area contributed by atoms with Crippen molar-refractivity contribution in [1.29, 1.82) is 0 Å². The summed E-state index contributed by atoms with van der Waals surface area (Å²) in [5, 5.41) is 1.76. The van der Waals surface area contributed by atoms with Crippen molar-refractivity contribution in [2.45, 2.75) is 6.92 Å². The number of halogens is 3. The van der Waals surface area contributed by atoms with Crippen molar-refractivity contribution in [3.63, 3.8) is 0 Å². The fourth-order valence-corrected chi connectivity index (χ4v) is 2.53. The predicted molar refractivity (Wildman–Crippen MR) is 71.9 cm³/mol. The van der Waals surface area contributed by atoms with Crippen LogP contribution in [0.1, 0.15) is 5.69 Å². The van der Waals surface area contributed by atoms with Crippen LogP contribution in [0.3, 0.4) is 0 Å². The smallest absolute Gasteiger partial charge is 0.0903 e. The third-order valence-corrected chi connectivity index (χ3v) is 5.20. The van der Waals surface area contributed by atoms with Crippen LogP contribution in [0.15, 0.2) is 22.7 Å². The van der Waals surface area contributed by atoms with Crippen LogP contribution < -0.4 is 0 Å². The molecule has 0 radical (unpaired) electrons. The lowest BCUT2D eigenvalue weighted by Crippen LogP contribution is -1.91. The van der Waals surface area contributed by atoms with Crippen LogP contribution >= 0.6 is 50.1 Å². The fourth-order valence-electron chi connectivity index (χ4n) is 1.30. The molecular weight excluding hydrogens is 376 g/mol. The molecule has 72 valence electrons. The molecule has 0 spiro atoms. The molecule has 0 N–H and O–H groups in total. The second-order valence-corrected chi connectivity index (χ2v) is 5.24. The van der Waals surface area contributed by atoms with Crippen LogP contribution in [-0.4, -0.2) is 4.98 Å². The monoisotopic (exact) mass is 381 g/mol. The van der Waals surface area contributed by atoms with Crippen molar-refractivity contribution in [1.82, 2.24) is 4.98 Å². The highest BCUT2D eigenvalue weighted by Crippen LogP contribution is 2.32. The highest BCUT2D eigenvalue weighted by Gasteiger charge is 2.09. The lowest BCUT2D eigenvalue weighted by Gasteiger charge is -2.06. The van der Waals surface area contributed by atoms with Gasteiger partial charge in [-0.15, -0.1) is 0 Å². The Morgan fingerprint density at radius 2 is 2.14 bits per heavy atom. The molecule has 1 heterocycles. The number of para-hydroxylation sites is 1. The minimum atomic E-state index is 0.697. The SMILES string of the molecule is Cc1nc2c(Cl)cccc2c(Br)c1I. The van der Waals surface area contributed by atoms with Crippen LogP contribution in [0.5, 0.6) is 0 Å². The van der Waals surface area contributed by atoms with Crippen LogP contribution in [-0.2, 0) is 0 Å². The highest BCUT2D eigenvalue weighted by atomic mass is 127. The van der Waals surface area contributed by atoms with Gasteiger partial charge < -0.3 is 0 Å². The van der Waals surface area contributed by atoms with Gasteiger partial charge in [-0.2, -0.15) is 0 Å². The Hall–Kier alpha value is 0.130. The molecule has 0 saturated heterocycles. The summed E-state index contributed by atoms with van der Waals surface area (Å²) in [5.74, 6) is 0. The van der Waals surface area contributed by atoms with E-state index in [1.807, 2.05) is 25.1 Å². The average molecular weight is 382 g/mol. The number of aromatic nitrogens is 1. The number of fused-ring (bicyclic) bond motifs is 1. The molecule has 0 aliphatic heterocycles. The van der Waals surface area contributed by atoms with Crippen molar-refractivity contribution in [2.75, 3.05) is 0 Å². The van der Waals surface area contributed by atoms with Gasteiger partial charge in [0, 0.05) is 13.4 Å². The van der Waals surface area contributed by atoms with E-state index < -0.39 is 0 Å². The molecule has 0 atom stereocenters. The summed E-state index contributed by atoms with van der Waals surface area (Å²) in [5.41, 5.74) is 1.86. The zero-order chi connectivity index (χ0) is 10.3. The highest BCUT2D eigenvalue weighted by molar-refractivity contribution is 14.1. The zero-order valence-corrected chi connectivity index (χ0v) is 11.8. The lowest BCUT2D eigenvalue weighted by atomic mass is 10.2. The van der Waals surface area contributed by atoms with E-state index in [0.717, 1.165) is 24.6 Å². The maximum absolute atomic E-state index is 6.07. The van der Waals surface area contributed by atoms with Gasteiger partial charge in [0.15, 0.2) is 0 Å². The molecule has 0 unspecified atom stereocenters. The second kappa shape index (κ2) is 3.94. The number of benzene rings is 1. The van der Waals surface area contributed by atoms with Gasteiger partial charge in [0.1, 0.15) is 0 Å². The molecule has 1 nitrogen and oxygen atoms in total. The summed E-state index contributed by atoms with van der Waals surface area (Å²) < 4.78 is 2.21. The molecule has 1 aromatic heterocycles. The predicted octanol–water partition coefficient (Wildman–Crippen LogP) is 4.56. The van der Waals surface area contributed by atoms with Crippen LogP contribution in [0, 0.1) is 10.5 Å². The Balaban J connectivity index is 2.98. The Bertz CT molecular complexity index is 513. The molecule has 14 heavy (non-hydrogen) atoms. The molecule has 2 rings (SSSR count). The summed E-state index contributed by atoms with van der Waals surface area (Å²) in [7, 11) is 0. The van der Waals surface area contributed by atoms with E-state index in [4.69, 9.17) is 11.6 Å². The Morgan fingerprint density at radius 3 is 2.86 bits per heavy atom. The Kier molecular flexibility index (Phi) is 3.00. The first-order valence-electron chi connectivity index (χ1n) is 4.01. The van der Waals surface area contributed by atoms with Crippen molar-refractivity contribution in [2.24, 2.45) is 0 Å². The van der Waals surface area contributed by atoms with Crippen LogP contribution in [0.4, 0.5) is 0 Å². The molecule has 0 bridgehead atoms. The van der Waals surface area contributed by atoms with E-state index >= 15 is 0 Å². The molecule has 0 amide bonds. The third-order valence-electron chi connectivity index (χ3n) is 2.01. The minimum absolute atomic E-state index is 0.697. The van der Waals surface area contributed by atoms with Gasteiger partial charge in [-0.1, -0.05) is 23.7 Å². The first-order chi connectivity index (χ1) is 6.61. The summed E-state index contributed by atoms with van der Waals surface area (Å²) in [6.45, 7) is 1.98. The van der Waals surface area contributed by atoms with Gasteiger partial charge in [-0.05, 0) is 51.5 Å². The first kappa shape index (κ1) is 10.6. The van der Waals surface area contributed by atoms with Gasteiger partial charge in [-0.3, -0.25) is 4.98 Å². The van der Waals surface area contributed by atoms with Crippen molar-refractivity contribution in [3.05, 3.63) is 37.0 Å². The number of rotatable bonds is 0. The average Bonchev–Trinajstić information content (AvgIpc) is 2.17. The van der Waals surface area contributed by atoms with Crippen molar-refractivity contribution < 1.29 is 0 Å². The largest absolute Gasteiger partial charge is 0.250 e. The number of nitrogens with zero attached hydrogens (tertiary/aromatic N) is 1. The summed E-state index contributed by atoms with van der Waals surface area (Å²) in [6, 6.07) is 5.80. The van der Waals surface area contributed by atoms with Crippen molar-refractivity contribution in [3.8, 4) is 0 Å². The third kappa shape index (κ3) is 1.66. The number of hydrogen-bond acceptors (Lipinski definition) is 1. The summed E-state index contributed by atoms with van der Waals surface area (Å²) >= 11 is 11.9. The Morgan fingerprint density at radius 1 is 1.43 bits per heavy atom. The quantitative estimate of drug-likeness (QED) is 0.609. The fraction of sp³-hybridized carbons (Fsp3) is 0.100. The number of hydrogen-bond donors (Lipinski definition) is 0. The Labute approximate surface area is 109 Å². The standard InChI is InChI=1S/C10H6BrClIN/c1-5-9(13)8(11)6-3-2-4-7(12)10(6)14-5/h2-4H,1H3. The van der Waals surface area contributed by atoms with E-state index in [-0.39, 0.29) is 0 Å². The zero-order valence-electron chi connectivity index (χ0n) is 7.31. The maximum atomic E-state index is 6.07. The maximum Gasteiger partial charge on any atom is 0.0903 e. The van der Waals surface area contributed by atoms with Gasteiger partial charge >= 0.3 is 0 Å². The minimum Gasteiger partial charge on any atom is -0.250 e. The van der Waals surface area contributed by atoms with E-state index in [0.29, 0.717) is 5.02 Å². The summed E-state index contributed by atoms with van der Waals surface area (Å²) in [4.78, 5) is 4.47. The topological polar surface area (TPSA) is 12.9 Å². The van der Waals surface area contributed by atoms with Crippen molar-refractivity contribution >= 4 is 61.0 Å². The first-order valence-corrected chi connectivity index (χ1v) is 6.26.